The van der Waals surface area contributed by atoms with Crippen molar-refractivity contribution >= 4 is 5.91 Å². The summed E-state index contributed by atoms with van der Waals surface area (Å²) in [6, 6.07) is 8.99. The number of carbonyl (C=O) groups excluding carboxylic acids is 1. The standard InChI is InChI=1S/C14H18N2O2/c15-13(10-4-2-1-3-5-10)14(17)16-8-11-6-7-12(9-16)18-11/h1-5,11-13H,6-9,15H2. The van der Waals surface area contributed by atoms with E-state index >= 15 is 0 Å². The lowest BCUT2D eigenvalue weighted by Crippen LogP contribution is -2.48. The molecular weight excluding hydrogens is 228 g/mol. The molecule has 1 amide bonds. The maximum atomic E-state index is 12.4. The van der Waals surface area contributed by atoms with Gasteiger partial charge in [-0.25, -0.2) is 0 Å². The van der Waals surface area contributed by atoms with Crippen LogP contribution in [0, 0.1) is 0 Å². The number of amides is 1. The Hall–Kier alpha value is -1.39. The maximum absolute atomic E-state index is 12.4. The zero-order valence-corrected chi connectivity index (χ0v) is 10.3. The van der Waals surface area contributed by atoms with Crippen molar-refractivity contribution in [2.75, 3.05) is 13.1 Å². The molecule has 2 heterocycles. The highest BCUT2D eigenvalue weighted by Crippen LogP contribution is 2.27. The number of hydrogen-bond donors (Lipinski definition) is 1. The van der Waals surface area contributed by atoms with Crippen molar-refractivity contribution in [3.63, 3.8) is 0 Å². The highest BCUT2D eigenvalue weighted by molar-refractivity contribution is 5.83. The van der Waals surface area contributed by atoms with Crippen LogP contribution in [0.15, 0.2) is 30.3 Å². The first-order chi connectivity index (χ1) is 8.74. The van der Waals surface area contributed by atoms with Crippen LogP contribution in [0.5, 0.6) is 0 Å². The van der Waals surface area contributed by atoms with Gasteiger partial charge in [-0.15, -0.1) is 0 Å². The maximum Gasteiger partial charge on any atom is 0.244 e. The van der Waals surface area contributed by atoms with Crippen molar-refractivity contribution in [3.8, 4) is 0 Å². The number of nitrogens with zero attached hydrogens (tertiary/aromatic N) is 1. The van der Waals surface area contributed by atoms with Crippen LogP contribution < -0.4 is 5.73 Å². The summed E-state index contributed by atoms with van der Waals surface area (Å²) >= 11 is 0. The number of ether oxygens (including phenoxy) is 1. The molecule has 2 saturated heterocycles. The lowest BCUT2D eigenvalue weighted by Gasteiger charge is -2.33. The highest BCUT2D eigenvalue weighted by atomic mass is 16.5. The Morgan fingerprint density at radius 1 is 1.22 bits per heavy atom. The number of likely N-dealkylation sites (tertiary alicyclic amines) is 1. The number of morpholine rings is 1. The third-order valence-electron chi connectivity index (χ3n) is 3.78. The summed E-state index contributed by atoms with van der Waals surface area (Å²) in [4.78, 5) is 14.2. The molecule has 0 saturated carbocycles. The van der Waals surface area contributed by atoms with Crippen molar-refractivity contribution in [2.24, 2.45) is 5.73 Å². The summed E-state index contributed by atoms with van der Waals surface area (Å²) in [5.74, 6) is 0.0152. The van der Waals surface area contributed by atoms with E-state index in [1.807, 2.05) is 35.2 Å². The zero-order chi connectivity index (χ0) is 12.5. The van der Waals surface area contributed by atoms with E-state index in [-0.39, 0.29) is 18.1 Å². The van der Waals surface area contributed by atoms with Gasteiger partial charge in [-0.3, -0.25) is 4.79 Å². The van der Waals surface area contributed by atoms with Crippen molar-refractivity contribution < 1.29 is 9.53 Å². The van der Waals surface area contributed by atoms with Crippen LogP contribution in [0.4, 0.5) is 0 Å². The highest BCUT2D eigenvalue weighted by Gasteiger charge is 2.37. The molecule has 1 aromatic rings. The van der Waals surface area contributed by atoms with Gasteiger partial charge in [0.05, 0.1) is 12.2 Å². The van der Waals surface area contributed by atoms with Crippen molar-refractivity contribution in [2.45, 2.75) is 31.1 Å². The Kier molecular flexibility index (Phi) is 3.06. The fraction of sp³-hybridized carbons (Fsp3) is 0.500. The number of carbonyl (C=O) groups is 1. The minimum Gasteiger partial charge on any atom is -0.371 e. The minimum absolute atomic E-state index is 0.0152. The third-order valence-corrected chi connectivity index (χ3v) is 3.78. The van der Waals surface area contributed by atoms with Gasteiger partial charge in [-0.1, -0.05) is 30.3 Å². The molecule has 2 fully saturated rings. The molecule has 2 bridgehead atoms. The summed E-state index contributed by atoms with van der Waals surface area (Å²) < 4.78 is 5.73. The van der Waals surface area contributed by atoms with Crippen molar-refractivity contribution in [1.29, 1.82) is 0 Å². The second kappa shape index (κ2) is 4.71. The van der Waals surface area contributed by atoms with Crippen LogP contribution in [-0.2, 0) is 9.53 Å². The average Bonchev–Trinajstić information content (AvgIpc) is 2.77. The largest absolute Gasteiger partial charge is 0.371 e. The first-order valence-corrected chi connectivity index (χ1v) is 6.49. The van der Waals surface area contributed by atoms with Crippen molar-refractivity contribution in [3.05, 3.63) is 35.9 Å². The number of nitrogens with two attached hydrogens (primary N) is 1. The quantitative estimate of drug-likeness (QED) is 0.849. The molecule has 0 spiro atoms. The molecule has 3 rings (SSSR count). The Morgan fingerprint density at radius 2 is 1.83 bits per heavy atom. The van der Waals surface area contributed by atoms with E-state index in [0.29, 0.717) is 13.1 Å². The Bertz CT molecular complexity index is 423. The first kappa shape index (κ1) is 11.7. The lowest BCUT2D eigenvalue weighted by atomic mass is 10.1. The predicted molar refractivity (Wildman–Crippen MR) is 67.8 cm³/mol. The summed E-state index contributed by atoms with van der Waals surface area (Å²) in [6.07, 6.45) is 2.57. The molecule has 1 aromatic carbocycles. The first-order valence-electron chi connectivity index (χ1n) is 6.49. The van der Waals surface area contributed by atoms with Gasteiger partial charge in [0, 0.05) is 13.1 Å². The minimum atomic E-state index is -0.552. The van der Waals surface area contributed by atoms with Crippen LogP contribution >= 0.6 is 0 Å². The van der Waals surface area contributed by atoms with Crippen LogP contribution in [0.3, 0.4) is 0 Å². The second-order valence-corrected chi connectivity index (χ2v) is 5.09. The Balaban J connectivity index is 1.71. The fourth-order valence-electron chi connectivity index (χ4n) is 2.79. The molecule has 4 nitrogen and oxygen atoms in total. The Morgan fingerprint density at radius 3 is 2.44 bits per heavy atom. The topological polar surface area (TPSA) is 55.6 Å². The monoisotopic (exact) mass is 246 g/mol. The molecular formula is C14H18N2O2. The van der Waals surface area contributed by atoms with E-state index in [4.69, 9.17) is 10.5 Å². The molecule has 0 radical (unpaired) electrons. The smallest absolute Gasteiger partial charge is 0.244 e. The van der Waals surface area contributed by atoms with Gasteiger partial charge in [-0.05, 0) is 18.4 Å². The average molecular weight is 246 g/mol. The van der Waals surface area contributed by atoms with E-state index in [0.717, 1.165) is 18.4 Å². The second-order valence-electron chi connectivity index (χ2n) is 5.09. The molecule has 3 atom stereocenters. The van der Waals surface area contributed by atoms with Gasteiger partial charge in [0.15, 0.2) is 0 Å². The Labute approximate surface area is 107 Å². The molecule has 2 aliphatic heterocycles. The number of rotatable bonds is 2. The van der Waals surface area contributed by atoms with Gasteiger partial charge in [0.25, 0.3) is 0 Å². The van der Waals surface area contributed by atoms with Crippen LogP contribution in [0.1, 0.15) is 24.4 Å². The molecule has 2 N–H and O–H groups in total. The van der Waals surface area contributed by atoms with Crippen LogP contribution in [0.2, 0.25) is 0 Å². The number of fused-ring (bicyclic) bond motifs is 2. The number of hydrogen-bond acceptors (Lipinski definition) is 3. The van der Waals surface area contributed by atoms with E-state index in [1.54, 1.807) is 0 Å². The van der Waals surface area contributed by atoms with Gasteiger partial charge in [-0.2, -0.15) is 0 Å². The van der Waals surface area contributed by atoms with Gasteiger partial charge in [0.1, 0.15) is 6.04 Å². The summed E-state index contributed by atoms with van der Waals surface area (Å²) in [5, 5.41) is 0. The van der Waals surface area contributed by atoms with Gasteiger partial charge in [0.2, 0.25) is 5.91 Å². The van der Waals surface area contributed by atoms with Gasteiger partial charge < -0.3 is 15.4 Å². The molecule has 0 aliphatic carbocycles. The molecule has 2 aliphatic rings. The predicted octanol–water partition coefficient (Wildman–Crippen LogP) is 1.08. The number of benzene rings is 1. The molecule has 3 unspecified atom stereocenters. The molecule has 96 valence electrons. The van der Waals surface area contributed by atoms with Crippen LogP contribution in [0.25, 0.3) is 0 Å². The fourth-order valence-corrected chi connectivity index (χ4v) is 2.79. The van der Waals surface area contributed by atoms with E-state index in [2.05, 4.69) is 0 Å². The molecule has 4 heteroatoms. The molecule has 0 aromatic heterocycles. The van der Waals surface area contributed by atoms with E-state index < -0.39 is 6.04 Å². The summed E-state index contributed by atoms with van der Waals surface area (Å²) in [7, 11) is 0. The van der Waals surface area contributed by atoms with Gasteiger partial charge >= 0.3 is 0 Å². The van der Waals surface area contributed by atoms with E-state index in [1.165, 1.54) is 0 Å². The third kappa shape index (κ3) is 2.13. The lowest BCUT2D eigenvalue weighted by molar-refractivity contribution is -0.141. The van der Waals surface area contributed by atoms with Crippen LogP contribution in [-0.4, -0.2) is 36.1 Å². The van der Waals surface area contributed by atoms with E-state index in [9.17, 15) is 4.79 Å². The molecule has 18 heavy (non-hydrogen) atoms. The SMILES string of the molecule is NC(C(=O)N1CC2CCC(C1)O2)c1ccccc1. The summed E-state index contributed by atoms with van der Waals surface area (Å²) in [6.45, 7) is 1.38. The van der Waals surface area contributed by atoms with Crippen molar-refractivity contribution in [1.82, 2.24) is 4.90 Å². The summed E-state index contributed by atoms with van der Waals surface area (Å²) in [5.41, 5.74) is 6.92. The zero-order valence-electron chi connectivity index (χ0n) is 10.3. The normalized spacial score (nSPS) is 28.2.